The zero-order valence-corrected chi connectivity index (χ0v) is 21.0. The third-order valence-corrected chi connectivity index (χ3v) is 7.78. The van der Waals surface area contributed by atoms with Crippen LogP contribution in [0.2, 0.25) is 0 Å². The summed E-state index contributed by atoms with van der Waals surface area (Å²) >= 11 is 1.45. The van der Waals surface area contributed by atoms with Crippen molar-refractivity contribution in [3.05, 3.63) is 120 Å². The standard InChI is InChI=1S/C30H26N2O3S/c1-3-35-23-13-8-19(9-14-23)18-26-29(33)32-28(21-10-15-22(34-2)16-11-21)25-17-12-20-6-4-5-7-24(20)27(25)31-30(32)36-26/h4-11,13-16,18,28H,3,12,17H2,1-2H3/b26-18-/t28-/m0/s1. The molecule has 3 aromatic carbocycles. The highest BCUT2D eigenvalue weighted by atomic mass is 32.1. The summed E-state index contributed by atoms with van der Waals surface area (Å²) in [5.41, 5.74) is 6.68. The van der Waals surface area contributed by atoms with Crippen molar-refractivity contribution in [2.75, 3.05) is 13.7 Å². The highest BCUT2D eigenvalue weighted by Gasteiger charge is 2.32. The Bertz CT molecular complexity index is 1640. The smallest absolute Gasteiger partial charge is 0.271 e. The highest BCUT2D eigenvalue weighted by Crippen LogP contribution is 2.41. The number of benzene rings is 3. The van der Waals surface area contributed by atoms with E-state index in [9.17, 15) is 4.79 Å². The molecule has 0 amide bonds. The van der Waals surface area contributed by atoms with Gasteiger partial charge >= 0.3 is 0 Å². The largest absolute Gasteiger partial charge is 0.497 e. The monoisotopic (exact) mass is 494 g/mol. The lowest BCUT2D eigenvalue weighted by Crippen LogP contribution is -2.38. The van der Waals surface area contributed by atoms with Crippen LogP contribution in [-0.2, 0) is 6.42 Å². The lowest BCUT2D eigenvalue weighted by atomic mass is 9.83. The molecule has 0 unspecified atom stereocenters. The first-order chi connectivity index (χ1) is 17.7. The van der Waals surface area contributed by atoms with E-state index in [1.807, 2.05) is 54.0 Å². The Labute approximate surface area is 213 Å². The van der Waals surface area contributed by atoms with E-state index >= 15 is 0 Å². The number of aromatic nitrogens is 1. The Hall–Kier alpha value is -3.90. The fourth-order valence-corrected chi connectivity index (χ4v) is 6.09. The molecule has 1 aromatic heterocycles. The Morgan fingerprint density at radius 3 is 2.50 bits per heavy atom. The van der Waals surface area contributed by atoms with Gasteiger partial charge in [-0.2, -0.15) is 0 Å². The maximum atomic E-state index is 13.8. The van der Waals surface area contributed by atoms with Crippen LogP contribution in [0.1, 0.15) is 41.6 Å². The number of hydrogen-bond acceptors (Lipinski definition) is 5. The van der Waals surface area contributed by atoms with E-state index in [1.165, 1.54) is 28.0 Å². The van der Waals surface area contributed by atoms with Crippen molar-refractivity contribution in [1.29, 1.82) is 0 Å². The van der Waals surface area contributed by atoms with E-state index in [-0.39, 0.29) is 11.6 Å². The predicted molar refractivity (Wildman–Crippen MR) is 143 cm³/mol. The van der Waals surface area contributed by atoms with Crippen molar-refractivity contribution >= 4 is 23.1 Å². The minimum atomic E-state index is -0.196. The number of thiazole rings is 1. The summed E-state index contributed by atoms with van der Waals surface area (Å²) in [6.45, 7) is 2.59. The van der Waals surface area contributed by atoms with Crippen molar-refractivity contribution in [3.63, 3.8) is 0 Å². The number of aryl methyl sites for hydroxylation is 1. The molecule has 6 heteroatoms. The summed E-state index contributed by atoms with van der Waals surface area (Å²) in [5.74, 6) is 1.62. The third kappa shape index (κ3) is 3.88. The lowest BCUT2D eigenvalue weighted by Gasteiger charge is -2.30. The number of methoxy groups -OCH3 is 1. The summed E-state index contributed by atoms with van der Waals surface area (Å²) in [6, 6.07) is 24.1. The van der Waals surface area contributed by atoms with Gasteiger partial charge in [-0.25, -0.2) is 4.99 Å². The van der Waals surface area contributed by atoms with Crippen LogP contribution in [0.5, 0.6) is 11.5 Å². The van der Waals surface area contributed by atoms with Gasteiger partial charge in [-0.05, 0) is 72.4 Å². The van der Waals surface area contributed by atoms with Crippen LogP contribution in [0.4, 0.5) is 0 Å². The molecule has 1 aliphatic carbocycles. The van der Waals surface area contributed by atoms with Crippen molar-refractivity contribution in [2.24, 2.45) is 4.99 Å². The fraction of sp³-hybridized carbons (Fsp3) is 0.200. The van der Waals surface area contributed by atoms with Gasteiger partial charge in [-0.3, -0.25) is 9.36 Å². The van der Waals surface area contributed by atoms with Crippen LogP contribution < -0.4 is 24.4 Å². The summed E-state index contributed by atoms with van der Waals surface area (Å²) in [6.07, 6.45) is 3.75. The Morgan fingerprint density at radius 1 is 1.00 bits per heavy atom. The second-order valence-corrected chi connectivity index (χ2v) is 9.90. The molecule has 6 rings (SSSR count). The van der Waals surface area contributed by atoms with Crippen molar-refractivity contribution in [3.8, 4) is 11.5 Å². The molecular formula is C30H26N2O3S. The van der Waals surface area contributed by atoms with Crippen molar-refractivity contribution in [2.45, 2.75) is 25.8 Å². The highest BCUT2D eigenvalue weighted by molar-refractivity contribution is 7.07. The van der Waals surface area contributed by atoms with E-state index in [1.54, 1.807) is 7.11 Å². The first kappa shape index (κ1) is 22.6. The quantitative estimate of drug-likeness (QED) is 0.403. The summed E-state index contributed by atoms with van der Waals surface area (Å²) in [7, 11) is 1.66. The first-order valence-corrected chi connectivity index (χ1v) is 13.0. The molecule has 5 nitrogen and oxygen atoms in total. The maximum absolute atomic E-state index is 13.8. The molecule has 0 radical (unpaired) electrons. The second kappa shape index (κ2) is 9.28. The lowest BCUT2D eigenvalue weighted by molar-refractivity contribution is 0.340. The van der Waals surface area contributed by atoms with Gasteiger partial charge in [-0.15, -0.1) is 0 Å². The molecule has 2 aliphatic rings. The number of nitrogens with zero attached hydrogens (tertiary/aromatic N) is 2. The van der Waals surface area contributed by atoms with E-state index in [2.05, 4.69) is 36.4 Å². The molecular weight excluding hydrogens is 468 g/mol. The van der Waals surface area contributed by atoms with Gasteiger partial charge < -0.3 is 9.47 Å². The maximum Gasteiger partial charge on any atom is 0.271 e. The van der Waals surface area contributed by atoms with Gasteiger partial charge in [0, 0.05) is 5.56 Å². The zero-order chi connectivity index (χ0) is 24.6. The Kier molecular flexibility index (Phi) is 5.82. The predicted octanol–water partition coefficient (Wildman–Crippen LogP) is 4.73. The number of ether oxygens (including phenoxy) is 2. The van der Waals surface area contributed by atoms with Crippen LogP contribution in [-0.4, -0.2) is 18.3 Å². The Morgan fingerprint density at radius 2 is 1.75 bits per heavy atom. The summed E-state index contributed by atoms with van der Waals surface area (Å²) < 4.78 is 13.5. The first-order valence-electron chi connectivity index (χ1n) is 12.2. The molecule has 0 saturated heterocycles. The normalized spacial score (nSPS) is 16.6. The molecule has 0 fully saturated rings. The average Bonchev–Trinajstić information content (AvgIpc) is 3.23. The average molecular weight is 495 g/mol. The van der Waals surface area contributed by atoms with Gasteiger partial charge in [-0.1, -0.05) is 59.9 Å². The second-order valence-electron chi connectivity index (χ2n) is 8.89. The molecule has 36 heavy (non-hydrogen) atoms. The van der Waals surface area contributed by atoms with Crippen LogP contribution in [0.3, 0.4) is 0 Å². The van der Waals surface area contributed by atoms with E-state index in [4.69, 9.17) is 14.5 Å². The van der Waals surface area contributed by atoms with E-state index in [0.717, 1.165) is 46.0 Å². The fourth-order valence-electron chi connectivity index (χ4n) is 5.09. The molecule has 0 N–H and O–H groups in total. The van der Waals surface area contributed by atoms with Crippen LogP contribution in [0, 0.1) is 0 Å². The molecule has 0 saturated carbocycles. The third-order valence-electron chi connectivity index (χ3n) is 6.79. The number of allylic oxidation sites excluding steroid dienone is 1. The van der Waals surface area contributed by atoms with E-state index < -0.39 is 0 Å². The molecule has 4 aromatic rings. The van der Waals surface area contributed by atoms with Crippen LogP contribution in [0.25, 0.3) is 11.8 Å². The summed E-state index contributed by atoms with van der Waals surface area (Å²) in [4.78, 5) is 19.6. The van der Waals surface area contributed by atoms with Gasteiger partial charge in [0.1, 0.15) is 11.5 Å². The molecule has 0 bridgehead atoms. The number of hydrogen-bond donors (Lipinski definition) is 0. The van der Waals surface area contributed by atoms with Gasteiger partial charge in [0.2, 0.25) is 0 Å². The molecule has 1 aliphatic heterocycles. The van der Waals surface area contributed by atoms with Crippen molar-refractivity contribution < 1.29 is 9.47 Å². The molecule has 0 spiro atoms. The minimum Gasteiger partial charge on any atom is -0.497 e. The van der Waals surface area contributed by atoms with E-state index in [0.29, 0.717) is 11.1 Å². The number of rotatable bonds is 5. The van der Waals surface area contributed by atoms with Gasteiger partial charge in [0.25, 0.3) is 5.56 Å². The topological polar surface area (TPSA) is 52.8 Å². The SMILES string of the molecule is CCOc1ccc(/C=c2\sc3n(c2=O)[C@@H](c2ccc(OC)cc2)C2=C(N=3)c3ccccc3CC2)cc1. The number of fused-ring (bicyclic) bond motifs is 3. The minimum absolute atomic E-state index is 0.0149. The zero-order valence-electron chi connectivity index (χ0n) is 20.2. The van der Waals surface area contributed by atoms with Crippen LogP contribution in [0.15, 0.2) is 88.2 Å². The Balaban J connectivity index is 1.54. The summed E-state index contributed by atoms with van der Waals surface area (Å²) in [5, 5.41) is 0. The van der Waals surface area contributed by atoms with Gasteiger partial charge in [0.05, 0.1) is 30.0 Å². The van der Waals surface area contributed by atoms with Crippen LogP contribution >= 0.6 is 11.3 Å². The molecule has 2 heterocycles. The van der Waals surface area contributed by atoms with Gasteiger partial charge in [0.15, 0.2) is 4.80 Å². The van der Waals surface area contributed by atoms with Crippen molar-refractivity contribution in [1.82, 2.24) is 4.57 Å². The molecule has 180 valence electrons. The molecule has 1 atom stereocenters.